The molecule has 0 bridgehead atoms. The van der Waals surface area contributed by atoms with Crippen molar-refractivity contribution in [2.45, 2.75) is 18.9 Å². The number of amides is 4. The van der Waals surface area contributed by atoms with E-state index in [9.17, 15) is 14.4 Å². The SMILES string of the molecule is COc1ccc(NC(=O)C[C@@H]2NC(=O)N(CCc3ccc(OC)c(OC)c3)C2=O)cc1. The second-order valence-corrected chi connectivity index (χ2v) is 6.91. The van der Waals surface area contributed by atoms with E-state index in [1.807, 2.05) is 6.07 Å². The molecule has 0 saturated carbocycles. The summed E-state index contributed by atoms with van der Waals surface area (Å²) in [6.45, 7) is 0.191. The molecule has 1 aliphatic heterocycles. The van der Waals surface area contributed by atoms with Gasteiger partial charge in [0.15, 0.2) is 11.5 Å². The van der Waals surface area contributed by atoms with Gasteiger partial charge >= 0.3 is 6.03 Å². The number of benzene rings is 2. The van der Waals surface area contributed by atoms with Crippen molar-refractivity contribution < 1.29 is 28.6 Å². The third-order valence-corrected chi connectivity index (χ3v) is 4.94. The first-order valence-electron chi connectivity index (χ1n) is 9.72. The third kappa shape index (κ3) is 5.25. The normalized spacial score (nSPS) is 15.5. The number of urea groups is 1. The Labute approximate surface area is 180 Å². The highest BCUT2D eigenvalue weighted by Gasteiger charge is 2.38. The van der Waals surface area contributed by atoms with Crippen molar-refractivity contribution in [3.8, 4) is 17.2 Å². The van der Waals surface area contributed by atoms with Gasteiger partial charge in [-0.15, -0.1) is 0 Å². The van der Waals surface area contributed by atoms with Crippen molar-refractivity contribution in [3.05, 3.63) is 48.0 Å². The molecular weight excluding hydrogens is 402 g/mol. The minimum Gasteiger partial charge on any atom is -0.497 e. The monoisotopic (exact) mass is 427 g/mol. The first-order chi connectivity index (χ1) is 14.9. The first-order valence-corrected chi connectivity index (χ1v) is 9.72. The Balaban J connectivity index is 1.55. The van der Waals surface area contributed by atoms with Crippen molar-refractivity contribution in [2.75, 3.05) is 33.2 Å². The minimum atomic E-state index is -0.892. The van der Waals surface area contributed by atoms with E-state index in [1.54, 1.807) is 57.7 Å². The van der Waals surface area contributed by atoms with Crippen molar-refractivity contribution in [2.24, 2.45) is 0 Å². The van der Waals surface area contributed by atoms with Crippen LogP contribution in [0.15, 0.2) is 42.5 Å². The standard InChI is InChI=1S/C22H25N3O6/c1-29-16-7-5-15(6-8-16)23-20(26)13-17-21(27)25(22(28)24-17)11-10-14-4-9-18(30-2)19(12-14)31-3/h4-9,12,17H,10-11,13H2,1-3H3,(H,23,26)(H,24,28)/t17-/m0/s1. The molecule has 0 spiro atoms. The Kier molecular flexibility index (Phi) is 6.96. The van der Waals surface area contributed by atoms with Crippen molar-refractivity contribution in [1.82, 2.24) is 10.2 Å². The molecule has 0 aliphatic carbocycles. The van der Waals surface area contributed by atoms with E-state index < -0.39 is 18.0 Å². The number of anilines is 1. The number of carbonyl (C=O) groups is 3. The molecule has 1 aliphatic rings. The van der Waals surface area contributed by atoms with Crippen LogP contribution in [0.5, 0.6) is 17.2 Å². The number of hydrogen-bond acceptors (Lipinski definition) is 6. The zero-order valence-electron chi connectivity index (χ0n) is 17.6. The molecule has 1 atom stereocenters. The molecule has 0 aromatic heterocycles. The minimum absolute atomic E-state index is 0.149. The molecule has 1 saturated heterocycles. The molecule has 1 fully saturated rings. The van der Waals surface area contributed by atoms with E-state index in [2.05, 4.69) is 10.6 Å². The zero-order valence-corrected chi connectivity index (χ0v) is 17.6. The Hall–Kier alpha value is -3.75. The number of nitrogens with one attached hydrogen (secondary N) is 2. The second kappa shape index (κ2) is 9.84. The van der Waals surface area contributed by atoms with Gasteiger partial charge in [-0.05, 0) is 48.4 Å². The average Bonchev–Trinajstić information content (AvgIpc) is 3.04. The third-order valence-electron chi connectivity index (χ3n) is 4.94. The number of ether oxygens (including phenoxy) is 3. The fourth-order valence-electron chi connectivity index (χ4n) is 3.28. The molecule has 1 heterocycles. The van der Waals surface area contributed by atoms with E-state index >= 15 is 0 Å². The summed E-state index contributed by atoms with van der Waals surface area (Å²) >= 11 is 0. The summed E-state index contributed by atoms with van der Waals surface area (Å²) < 4.78 is 15.6. The number of carbonyl (C=O) groups excluding carboxylic acids is 3. The van der Waals surface area contributed by atoms with Gasteiger partial charge in [-0.3, -0.25) is 14.5 Å². The lowest BCUT2D eigenvalue weighted by molar-refractivity contribution is -0.129. The molecule has 9 nitrogen and oxygen atoms in total. The smallest absolute Gasteiger partial charge is 0.324 e. The summed E-state index contributed by atoms with van der Waals surface area (Å²) in [6, 6.07) is 10.8. The van der Waals surface area contributed by atoms with Gasteiger partial charge in [-0.25, -0.2) is 4.79 Å². The summed E-state index contributed by atoms with van der Waals surface area (Å²) in [6.07, 6.45) is 0.299. The van der Waals surface area contributed by atoms with Crippen molar-refractivity contribution in [1.29, 1.82) is 0 Å². The number of rotatable bonds is 9. The maximum absolute atomic E-state index is 12.6. The van der Waals surface area contributed by atoms with Crippen LogP contribution in [0.1, 0.15) is 12.0 Å². The molecule has 31 heavy (non-hydrogen) atoms. The van der Waals surface area contributed by atoms with Crippen LogP contribution in [0.2, 0.25) is 0 Å². The van der Waals surface area contributed by atoms with E-state index in [4.69, 9.17) is 14.2 Å². The first kappa shape index (κ1) is 21.9. The Morgan fingerprint density at radius 1 is 1.00 bits per heavy atom. The Morgan fingerprint density at radius 3 is 2.35 bits per heavy atom. The van der Waals surface area contributed by atoms with E-state index in [0.717, 1.165) is 10.5 Å². The van der Waals surface area contributed by atoms with Crippen LogP contribution in [0.3, 0.4) is 0 Å². The molecule has 2 N–H and O–H groups in total. The highest BCUT2D eigenvalue weighted by molar-refractivity contribution is 6.06. The van der Waals surface area contributed by atoms with Gasteiger partial charge in [0.25, 0.3) is 5.91 Å². The molecule has 0 radical (unpaired) electrons. The van der Waals surface area contributed by atoms with Gasteiger partial charge in [-0.1, -0.05) is 6.07 Å². The molecule has 164 valence electrons. The van der Waals surface area contributed by atoms with Crippen LogP contribution in [-0.2, 0) is 16.0 Å². The predicted octanol–water partition coefficient (Wildman–Crippen LogP) is 2.20. The summed E-state index contributed by atoms with van der Waals surface area (Å²) in [5.74, 6) is 1.05. The molecule has 4 amide bonds. The number of methoxy groups -OCH3 is 3. The van der Waals surface area contributed by atoms with Crippen LogP contribution in [0.4, 0.5) is 10.5 Å². The van der Waals surface area contributed by atoms with Gasteiger partial charge in [0.05, 0.1) is 27.8 Å². The predicted molar refractivity (Wildman–Crippen MR) is 114 cm³/mol. The lowest BCUT2D eigenvalue weighted by Gasteiger charge is -2.14. The highest BCUT2D eigenvalue weighted by atomic mass is 16.5. The van der Waals surface area contributed by atoms with Crippen LogP contribution < -0.4 is 24.8 Å². The maximum Gasteiger partial charge on any atom is 0.324 e. The number of imide groups is 1. The molecule has 9 heteroatoms. The van der Waals surface area contributed by atoms with E-state index in [1.165, 1.54) is 0 Å². The molecule has 0 unspecified atom stereocenters. The van der Waals surface area contributed by atoms with Gasteiger partial charge in [-0.2, -0.15) is 0 Å². The zero-order chi connectivity index (χ0) is 22.4. The van der Waals surface area contributed by atoms with Crippen molar-refractivity contribution in [3.63, 3.8) is 0 Å². The molecule has 2 aromatic rings. The van der Waals surface area contributed by atoms with Gasteiger partial charge in [0.2, 0.25) is 5.91 Å². The second-order valence-electron chi connectivity index (χ2n) is 6.91. The number of nitrogens with zero attached hydrogens (tertiary/aromatic N) is 1. The van der Waals surface area contributed by atoms with Gasteiger partial charge in [0.1, 0.15) is 11.8 Å². The fourth-order valence-corrected chi connectivity index (χ4v) is 3.28. The van der Waals surface area contributed by atoms with Crippen LogP contribution >= 0.6 is 0 Å². The largest absolute Gasteiger partial charge is 0.497 e. The lowest BCUT2D eigenvalue weighted by Crippen LogP contribution is -2.34. The van der Waals surface area contributed by atoms with Crippen LogP contribution in [0.25, 0.3) is 0 Å². The topological polar surface area (TPSA) is 106 Å². The summed E-state index contributed by atoms with van der Waals surface area (Å²) in [5.41, 5.74) is 1.46. The molecule has 2 aromatic carbocycles. The average molecular weight is 427 g/mol. The van der Waals surface area contributed by atoms with E-state index in [0.29, 0.717) is 29.4 Å². The van der Waals surface area contributed by atoms with Gasteiger partial charge in [0, 0.05) is 12.2 Å². The Bertz CT molecular complexity index is 960. The summed E-state index contributed by atoms with van der Waals surface area (Å²) in [5, 5.41) is 5.29. The number of hydrogen-bond donors (Lipinski definition) is 2. The summed E-state index contributed by atoms with van der Waals surface area (Å²) in [7, 11) is 4.65. The van der Waals surface area contributed by atoms with Gasteiger partial charge < -0.3 is 24.8 Å². The molecular formula is C22H25N3O6. The fraction of sp³-hybridized carbons (Fsp3) is 0.318. The van der Waals surface area contributed by atoms with E-state index in [-0.39, 0.29) is 18.9 Å². The quantitative estimate of drug-likeness (QED) is 0.595. The summed E-state index contributed by atoms with van der Waals surface area (Å²) in [4.78, 5) is 38.3. The highest BCUT2D eigenvalue weighted by Crippen LogP contribution is 2.28. The van der Waals surface area contributed by atoms with Crippen LogP contribution in [-0.4, -0.2) is 56.7 Å². The lowest BCUT2D eigenvalue weighted by atomic mass is 10.1. The Morgan fingerprint density at radius 2 is 1.71 bits per heavy atom. The van der Waals surface area contributed by atoms with Crippen LogP contribution in [0, 0.1) is 0 Å². The molecule has 3 rings (SSSR count). The van der Waals surface area contributed by atoms with Crippen molar-refractivity contribution >= 4 is 23.5 Å². The maximum atomic E-state index is 12.6.